The number of ether oxygens (including phenoxy) is 2. The Balaban J connectivity index is 1.74. The van der Waals surface area contributed by atoms with Gasteiger partial charge in [0.2, 0.25) is 15.9 Å². The van der Waals surface area contributed by atoms with Gasteiger partial charge in [-0.15, -0.1) is 0 Å². The largest absolute Gasteiger partial charge is 0.435 e. The van der Waals surface area contributed by atoms with Crippen molar-refractivity contribution in [1.29, 1.82) is 0 Å². The summed E-state index contributed by atoms with van der Waals surface area (Å²) in [5, 5.41) is 0. The molecule has 1 fully saturated rings. The number of hydrogen-bond donors (Lipinski definition) is 1. The van der Waals surface area contributed by atoms with Gasteiger partial charge in [-0.05, 0) is 50.6 Å². The zero-order valence-corrected chi connectivity index (χ0v) is 19.9. The van der Waals surface area contributed by atoms with Crippen LogP contribution < -0.4 is 14.4 Å². The smallest absolute Gasteiger partial charge is 0.244 e. The lowest BCUT2D eigenvalue weighted by atomic mass is 10.1. The van der Waals surface area contributed by atoms with E-state index in [-0.39, 0.29) is 11.6 Å². The monoisotopic (exact) mass is 469 g/mol. The summed E-state index contributed by atoms with van der Waals surface area (Å²) < 4.78 is 37.9. The maximum absolute atomic E-state index is 11.9. The summed E-state index contributed by atoms with van der Waals surface area (Å²) in [5.74, 6) is 0.688. The lowest BCUT2D eigenvalue weighted by Crippen LogP contribution is -2.36. The Morgan fingerprint density at radius 1 is 1.06 bits per heavy atom. The molecule has 1 aliphatic rings. The normalized spacial score (nSPS) is 14.2. The van der Waals surface area contributed by atoms with Gasteiger partial charge in [0.05, 0.1) is 42.7 Å². The van der Waals surface area contributed by atoms with E-state index in [1.54, 1.807) is 18.3 Å². The van der Waals surface area contributed by atoms with Crippen LogP contribution in [0.4, 0.5) is 11.4 Å². The molecular weight excluding hydrogens is 442 g/mol. The SMILES string of the molecule is Cc1cc(C)c(Oc2nc(-c3cncc(N4CCOCC4)c3)ccc2NS(C)(=O)=O)c(C)n1. The van der Waals surface area contributed by atoms with Crippen LogP contribution >= 0.6 is 0 Å². The van der Waals surface area contributed by atoms with Crippen LogP contribution in [0.2, 0.25) is 0 Å². The van der Waals surface area contributed by atoms with E-state index < -0.39 is 10.0 Å². The van der Waals surface area contributed by atoms with Crippen molar-refractivity contribution in [2.45, 2.75) is 20.8 Å². The fourth-order valence-corrected chi connectivity index (χ4v) is 4.34. The molecule has 0 atom stereocenters. The number of pyridine rings is 3. The second-order valence-corrected chi connectivity index (χ2v) is 9.80. The predicted octanol–water partition coefficient (Wildman–Crippen LogP) is 3.46. The number of nitrogens with one attached hydrogen (secondary N) is 1. The summed E-state index contributed by atoms with van der Waals surface area (Å²) in [4.78, 5) is 15.7. The fraction of sp³-hybridized carbons (Fsp3) is 0.348. The molecule has 0 saturated carbocycles. The summed E-state index contributed by atoms with van der Waals surface area (Å²) in [6, 6.07) is 7.31. The predicted molar refractivity (Wildman–Crippen MR) is 127 cm³/mol. The number of hydrogen-bond acceptors (Lipinski definition) is 8. The zero-order chi connectivity index (χ0) is 23.6. The molecule has 0 bridgehead atoms. The third-order valence-electron chi connectivity index (χ3n) is 5.21. The van der Waals surface area contributed by atoms with Gasteiger partial charge in [0.25, 0.3) is 0 Å². The van der Waals surface area contributed by atoms with E-state index >= 15 is 0 Å². The van der Waals surface area contributed by atoms with Crippen molar-refractivity contribution >= 4 is 21.4 Å². The van der Waals surface area contributed by atoms with Crippen LogP contribution in [0.15, 0.2) is 36.7 Å². The maximum atomic E-state index is 11.9. The van der Waals surface area contributed by atoms with E-state index in [9.17, 15) is 8.42 Å². The fourth-order valence-electron chi connectivity index (χ4n) is 3.78. The number of nitrogens with zero attached hydrogens (tertiary/aromatic N) is 4. The molecule has 33 heavy (non-hydrogen) atoms. The van der Waals surface area contributed by atoms with E-state index in [1.165, 1.54) is 0 Å². The van der Waals surface area contributed by atoms with Gasteiger partial charge in [0, 0.05) is 30.5 Å². The summed E-state index contributed by atoms with van der Waals surface area (Å²) in [7, 11) is -3.53. The highest BCUT2D eigenvalue weighted by molar-refractivity contribution is 7.92. The van der Waals surface area contributed by atoms with Crippen LogP contribution in [0.25, 0.3) is 11.3 Å². The molecule has 0 amide bonds. The lowest BCUT2D eigenvalue weighted by molar-refractivity contribution is 0.122. The zero-order valence-electron chi connectivity index (χ0n) is 19.1. The van der Waals surface area contributed by atoms with Crippen LogP contribution in [0, 0.1) is 20.8 Å². The van der Waals surface area contributed by atoms with Gasteiger partial charge in [-0.1, -0.05) is 0 Å². The van der Waals surface area contributed by atoms with Gasteiger partial charge >= 0.3 is 0 Å². The average molecular weight is 470 g/mol. The molecule has 1 aliphatic heterocycles. The summed E-state index contributed by atoms with van der Waals surface area (Å²) in [5.41, 5.74) is 5.09. The van der Waals surface area contributed by atoms with Crippen molar-refractivity contribution < 1.29 is 17.9 Å². The van der Waals surface area contributed by atoms with Gasteiger partial charge in [-0.2, -0.15) is 0 Å². The first-order valence-corrected chi connectivity index (χ1v) is 12.5. The minimum atomic E-state index is -3.53. The molecule has 0 aliphatic carbocycles. The number of morpholine rings is 1. The molecule has 10 heteroatoms. The Hall–Kier alpha value is -3.24. The van der Waals surface area contributed by atoms with Crippen molar-refractivity contribution in [2.24, 2.45) is 0 Å². The molecule has 1 N–H and O–H groups in total. The Bertz CT molecular complexity index is 1250. The Labute approximate surface area is 193 Å². The van der Waals surface area contributed by atoms with E-state index in [0.29, 0.717) is 30.4 Å². The summed E-state index contributed by atoms with van der Waals surface area (Å²) >= 11 is 0. The molecule has 1 saturated heterocycles. The minimum absolute atomic E-state index is 0.145. The number of rotatable bonds is 6. The van der Waals surface area contributed by atoms with E-state index in [1.807, 2.05) is 39.1 Å². The molecular formula is C23H27N5O4S. The topological polar surface area (TPSA) is 107 Å². The average Bonchev–Trinajstić information content (AvgIpc) is 2.77. The summed E-state index contributed by atoms with van der Waals surface area (Å²) in [6.07, 6.45) is 4.63. The van der Waals surface area contributed by atoms with Gasteiger partial charge in [0.15, 0.2) is 5.75 Å². The molecule has 4 heterocycles. The van der Waals surface area contributed by atoms with E-state index in [2.05, 4.69) is 24.6 Å². The Morgan fingerprint density at radius 2 is 1.82 bits per heavy atom. The highest BCUT2D eigenvalue weighted by Gasteiger charge is 2.18. The molecule has 0 unspecified atom stereocenters. The molecule has 3 aromatic rings. The van der Waals surface area contributed by atoms with Gasteiger partial charge in [-0.25, -0.2) is 13.4 Å². The maximum Gasteiger partial charge on any atom is 0.244 e. The summed E-state index contributed by atoms with van der Waals surface area (Å²) in [6.45, 7) is 8.62. The van der Waals surface area contributed by atoms with Crippen molar-refractivity contribution in [1.82, 2.24) is 15.0 Å². The lowest BCUT2D eigenvalue weighted by Gasteiger charge is -2.28. The van der Waals surface area contributed by atoms with Crippen LogP contribution in [0.1, 0.15) is 17.0 Å². The van der Waals surface area contributed by atoms with Crippen molar-refractivity contribution in [3.8, 4) is 22.9 Å². The Kier molecular flexibility index (Phi) is 6.48. The second kappa shape index (κ2) is 9.32. The highest BCUT2D eigenvalue weighted by atomic mass is 32.2. The van der Waals surface area contributed by atoms with Crippen molar-refractivity contribution in [3.05, 3.63) is 53.6 Å². The molecule has 0 radical (unpaired) electrons. The second-order valence-electron chi connectivity index (χ2n) is 8.05. The first-order valence-electron chi connectivity index (χ1n) is 10.6. The number of sulfonamides is 1. The van der Waals surface area contributed by atoms with Crippen LogP contribution in [-0.2, 0) is 14.8 Å². The molecule has 174 valence electrons. The number of aromatic nitrogens is 3. The number of aryl methyl sites for hydroxylation is 3. The van der Waals surface area contributed by atoms with Crippen molar-refractivity contribution in [2.75, 3.05) is 42.2 Å². The minimum Gasteiger partial charge on any atom is -0.435 e. The van der Waals surface area contributed by atoms with Crippen molar-refractivity contribution in [3.63, 3.8) is 0 Å². The quantitative estimate of drug-likeness (QED) is 0.585. The van der Waals surface area contributed by atoms with E-state index in [0.717, 1.165) is 41.9 Å². The number of anilines is 2. The molecule has 0 spiro atoms. The molecule has 3 aromatic heterocycles. The van der Waals surface area contributed by atoms with E-state index in [4.69, 9.17) is 9.47 Å². The van der Waals surface area contributed by atoms with Gasteiger partial charge < -0.3 is 14.4 Å². The van der Waals surface area contributed by atoms with Gasteiger partial charge in [-0.3, -0.25) is 14.7 Å². The third-order valence-corrected chi connectivity index (χ3v) is 5.80. The molecule has 9 nitrogen and oxygen atoms in total. The van der Waals surface area contributed by atoms with Crippen LogP contribution in [-0.4, -0.2) is 55.9 Å². The first kappa shape index (κ1) is 22.9. The van der Waals surface area contributed by atoms with Gasteiger partial charge in [0.1, 0.15) is 5.69 Å². The standard InChI is InChI=1S/C23H27N5O4S/c1-15-11-16(2)25-17(3)22(15)32-23-21(27-33(4,29)30)6-5-20(26-23)18-12-19(14-24-13-18)28-7-9-31-10-8-28/h5-6,11-14,27H,7-10H2,1-4H3. The first-order chi connectivity index (χ1) is 15.7. The van der Waals surface area contributed by atoms with Crippen LogP contribution in [0.5, 0.6) is 11.6 Å². The Morgan fingerprint density at radius 3 is 2.52 bits per heavy atom. The third kappa shape index (κ3) is 5.58. The molecule has 4 rings (SSSR count). The molecule has 0 aromatic carbocycles. The highest BCUT2D eigenvalue weighted by Crippen LogP contribution is 2.34. The van der Waals surface area contributed by atoms with Crippen LogP contribution in [0.3, 0.4) is 0 Å².